The highest BCUT2D eigenvalue weighted by molar-refractivity contribution is 5.90. The van der Waals surface area contributed by atoms with Gasteiger partial charge in [0.25, 0.3) is 0 Å². The number of esters is 1. The summed E-state index contributed by atoms with van der Waals surface area (Å²) in [5.41, 5.74) is 2.89. The number of nitrogens with zero attached hydrogens (tertiary/aromatic N) is 2. The van der Waals surface area contributed by atoms with E-state index in [-0.39, 0.29) is 12.0 Å². The number of hydrogen-bond donors (Lipinski definition) is 1. The first-order valence-electron chi connectivity index (χ1n) is 9.91. The van der Waals surface area contributed by atoms with Gasteiger partial charge in [-0.3, -0.25) is 4.90 Å². The monoisotopic (exact) mass is 393 g/mol. The number of anilines is 1. The molecule has 0 aliphatic carbocycles. The Balaban J connectivity index is 1.45. The molecular formula is C23H27N3O3. The summed E-state index contributed by atoms with van der Waals surface area (Å²) in [7, 11) is 0. The summed E-state index contributed by atoms with van der Waals surface area (Å²) in [4.78, 5) is 28.1. The molecule has 6 heteroatoms. The second-order valence-electron chi connectivity index (χ2n) is 6.89. The van der Waals surface area contributed by atoms with Crippen LogP contribution in [-0.2, 0) is 16.1 Å². The van der Waals surface area contributed by atoms with Gasteiger partial charge in [0.2, 0.25) is 0 Å². The number of carbonyl (C=O) groups is 2. The summed E-state index contributed by atoms with van der Waals surface area (Å²) >= 11 is 0. The predicted molar refractivity (Wildman–Crippen MR) is 114 cm³/mol. The third-order valence-corrected chi connectivity index (χ3v) is 4.77. The molecule has 0 unspecified atom stereocenters. The second-order valence-corrected chi connectivity index (χ2v) is 6.89. The van der Waals surface area contributed by atoms with Gasteiger partial charge in [0.15, 0.2) is 0 Å². The molecule has 0 radical (unpaired) electrons. The van der Waals surface area contributed by atoms with Gasteiger partial charge in [0, 0.05) is 44.5 Å². The van der Waals surface area contributed by atoms with Gasteiger partial charge in [-0.05, 0) is 36.3 Å². The number of benzene rings is 2. The Bertz CT molecular complexity index is 826. The lowest BCUT2D eigenvalue weighted by Crippen LogP contribution is -2.49. The molecule has 2 amide bonds. The lowest BCUT2D eigenvalue weighted by Gasteiger charge is -2.34. The Morgan fingerprint density at radius 2 is 1.69 bits per heavy atom. The van der Waals surface area contributed by atoms with Gasteiger partial charge in [0.1, 0.15) is 0 Å². The molecule has 1 fully saturated rings. The molecule has 0 aromatic heterocycles. The molecule has 1 heterocycles. The zero-order valence-corrected chi connectivity index (χ0v) is 16.7. The number of rotatable bonds is 6. The second kappa shape index (κ2) is 10.4. The van der Waals surface area contributed by atoms with Crippen molar-refractivity contribution in [3.63, 3.8) is 0 Å². The first-order valence-corrected chi connectivity index (χ1v) is 9.91. The molecular weight excluding hydrogens is 366 g/mol. The van der Waals surface area contributed by atoms with Crippen molar-refractivity contribution in [3.8, 4) is 0 Å². The molecule has 2 aromatic rings. The lowest BCUT2D eigenvalue weighted by atomic mass is 10.2. The van der Waals surface area contributed by atoms with Crippen molar-refractivity contribution in [3.05, 3.63) is 71.8 Å². The molecule has 1 N–H and O–H groups in total. The molecule has 1 saturated heterocycles. The number of piperazine rings is 1. The van der Waals surface area contributed by atoms with E-state index in [1.165, 1.54) is 11.6 Å². The molecule has 0 saturated carbocycles. The van der Waals surface area contributed by atoms with E-state index in [1.807, 2.05) is 35.2 Å². The Kier molecular flexibility index (Phi) is 7.41. The fourth-order valence-electron chi connectivity index (χ4n) is 3.19. The van der Waals surface area contributed by atoms with Crippen LogP contribution in [-0.4, -0.2) is 54.6 Å². The Hall–Kier alpha value is -3.12. The smallest absolute Gasteiger partial charge is 0.330 e. The van der Waals surface area contributed by atoms with E-state index < -0.39 is 0 Å². The molecule has 2 aromatic carbocycles. The predicted octanol–water partition coefficient (Wildman–Crippen LogP) is 3.61. The maximum atomic E-state index is 12.5. The van der Waals surface area contributed by atoms with Crippen molar-refractivity contribution in [2.45, 2.75) is 13.5 Å². The summed E-state index contributed by atoms with van der Waals surface area (Å²) in [6.45, 7) is 6.18. The average Bonchev–Trinajstić information content (AvgIpc) is 2.75. The number of ether oxygens (including phenoxy) is 1. The standard InChI is InChI=1S/C23H27N3O3/c1-2-29-22(27)13-10-19-8-11-21(12-9-19)24-23(28)26-16-14-25(15-17-26)18-20-6-4-3-5-7-20/h3-13H,2,14-18H2,1H3,(H,24,28)/b13-10+. The van der Waals surface area contributed by atoms with Crippen LogP contribution in [0.2, 0.25) is 0 Å². The van der Waals surface area contributed by atoms with Crippen LogP contribution in [0.5, 0.6) is 0 Å². The quantitative estimate of drug-likeness (QED) is 0.602. The van der Waals surface area contributed by atoms with Gasteiger partial charge in [-0.1, -0.05) is 42.5 Å². The highest BCUT2D eigenvalue weighted by atomic mass is 16.5. The van der Waals surface area contributed by atoms with Gasteiger partial charge in [-0.25, -0.2) is 9.59 Å². The third-order valence-electron chi connectivity index (χ3n) is 4.77. The van der Waals surface area contributed by atoms with E-state index in [9.17, 15) is 9.59 Å². The first-order chi connectivity index (χ1) is 14.1. The molecule has 3 rings (SSSR count). The minimum atomic E-state index is -0.365. The number of nitrogens with one attached hydrogen (secondary N) is 1. The van der Waals surface area contributed by atoms with Gasteiger partial charge < -0.3 is 15.0 Å². The maximum absolute atomic E-state index is 12.5. The molecule has 6 nitrogen and oxygen atoms in total. The van der Waals surface area contributed by atoms with E-state index >= 15 is 0 Å². The fourth-order valence-corrected chi connectivity index (χ4v) is 3.19. The summed E-state index contributed by atoms with van der Waals surface area (Å²) in [6, 6.07) is 17.7. The number of hydrogen-bond acceptors (Lipinski definition) is 4. The summed E-state index contributed by atoms with van der Waals surface area (Å²) < 4.78 is 4.86. The Morgan fingerprint density at radius 3 is 2.34 bits per heavy atom. The lowest BCUT2D eigenvalue weighted by molar-refractivity contribution is -0.137. The Labute approximate surface area is 171 Å². The van der Waals surface area contributed by atoms with E-state index in [4.69, 9.17) is 4.74 Å². The SMILES string of the molecule is CCOC(=O)/C=C/c1ccc(NC(=O)N2CCN(Cc3ccccc3)CC2)cc1. The van der Waals surface area contributed by atoms with Crippen molar-refractivity contribution < 1.29 is 14.3 Å². The van der Waals surface area contributed by atoms with Gasteiger partial charge >= 0.3 is 12.0 Å². The Morgan fingerprint density at radius 1 is 1.00 bits per heavy atom. The fraction of sp³-hybridized carbons (Fsp3) is 0.304. The minimum absolute atomic E-state index is 0.0841. The van der Waals surface area contributed by atoms with Crippen molar-refractivity contribution in [2.75, 3.05) is 38.1 Å². The van der Waals surface area contributed by atoms with Crippen LogP contribution in [0.25, 0.3) is 6.08 Å². The van der Waals surface area contributed by atoms with Gasteiger partial charge in [0.05, 0.1) is 6.61 Å². The van der Waals surface area contributed by atoms with Gasteiger partial charge in [-0.2, -0.15) is 0 Å². The van der Waals surface area contributed by atoms with Crippen molar-refractivity contribution in [2.24, 2.45) is 0 Å². The average molecular weight is 393 g/mol. The highest BCUT2D eigenvalue weighted by Gasteiger charge is 2.21. The van der Waals surface area contributed by atoms with Crippen LogP contribution in [0.1, 0.15) is 18.1 Å². The van der Waals surface area contributed by atoms with E-state index in [2.05, 4.69) is 34.5 Å². The minimum Gasteiger partial charge on any atom is -0.463 e. The van der Waals surface area contributed by atoms with Crippen molar-refractivity contribution in [1.82, 2.24) is 9.80 Å². The topological polar surface area (TPSA) is 61.9 Å². The van der Waals surface area contributed by atoms with Crippen LogP contribution >= 0.6 is 0 Å². The molecule has 29 heavy (non-hydrogen) atoms. The van der Waals surface area contributed by atoms with Crippen LogP contribution in [0, 0.1) is 0 Å². The van der Waals surface area contributed by atoms with Crippen LogP contribution in [0.15, 0.2) is 60.7 Å². The van der Waals surface area contributed by atoms with Crippen molar-refractivity contribution in [1.29, 1.82) is 0 Å². The largest absolute Gasteiger partial charge is 0.463 e. The summed E-state index contributed by atoms with van der Waals surface area (Å²) in [5.74, 6) is -0.365. The van der Waals surface area contributed by atoms with Crippen LogP contribution in [0.4, 0.5) is 10.5 Å². The van der Waals surface area contributed by atoms with Crippen molar-refractivity contribution >= 4 is 23.8 Å². The molecule has 1 aliphatic heterocycles. The molecule has 0 atom stereocenters. The molecule has 0 bridgehead atoms. The van der Waals surface area contributed by atoms with Gasteiger partial charge in [-0.15, -0.1) is 0 Å². The van der Waals surface area contributed by atoms with E-state index in [0.29, 0.717) is 19.7 Å². The highest BCUT2D eigenvalue weighted by Crippen LogP contribution is 2.13. The maximum Gasteiger partial charge on any atom is 0.330 e. The number of carbonyl (C=O) groups excluding carboxylic acids is 2. The first kappa shape index (κ1) is 20.6. The summed E-state index contributed by atoms with van der Waals surface area (Å²) in [6.07, 6.45) is 3.08. The number of urea groups is 1. The zero-order chi connectivity index (χ0) is 20.5. The summed E-state index contributed by atoms with van der Waals surface area (Å²) in [5, 5.41) is 2.94. The molecule has 1 aliphatic rings. The third kappa shape index (κ3) is 6.47. The normalized spacial score (nSPS) is 14.7. The molecule has 0 spiro atoms. The van der Waals surface area contributed by atoms with E-state index in [1.54, 1.807) is 13.0 Å². The van der Waals surface area contributed by atoms with Crippen LogP contribution < -0.4 is 5.32 Å². The molecule has 152 valence electrons. The van der Waals surface area contributed by atoms with Crippen LogP contribution in [0.3, 0.4) is 0 Å². The van der Waals surface area contributed by atoms with E-state index in [0.717, 1.165) is 30.9 Å². The number of amides is 2. The zero-order valence-electron chi connectivity index (χ0n) is 16.7.